The molecule has 2 N–H and O–H groups in total. The summed E-state index contributed by atoms with van der Waals surface area (Å²) in [6, 6.07) is 4.99. The van der Waals surface area contributed by atoms with Crippen molar-refractivity contribution in [2.45, 2.75) is 11.4 Å². The fourth-order valence-electron chi connectivity index (χ4n) is 1.88. The normalized spacial score (nSPS) is 18.6. The van der Waals surface area contributed by atoms with E-state index in [2.05, 4.69) is 15.9 Å². The fraction of sp³-hybridized carbons (Fsp3) is 0.455. The minimum absolute atomic E-state index is 0.234. The molecule has 0 unspecified atom stereocenters. The van der Waals surface area contributed by atoms with E-state index in [1.165, 1.54) is 4.31 Å². The highest BCUT2D eigenvalue weighted by Crippen LogP contribution is 2.26. The number of hydrogen-bond acceptors (Lipinski definition) is 4. The summed E-state index contributed by atoms with van der Waals surface area (Å²) in [5.41, 5.74) is 6.39. The van der Waals surface area contributed by atoms with Gasteiger partial charge in [0, 0.05) is 46.4 Å². The molecule has 1 fully saturated rings. The molecule has 1 aliphatic rings. The first-order valence-corrected chi connectivity index (χ1v) is 9.51. The van der Waals surface area contributed by atoms with Gasteiger partial charge in [-0.15, -0.1) is 0 Å². The maximum Gasteiger partial charge on any atom is 0.244 e. The Kier molecular flexibility index (Phi) is 4.78. The van der Waals surface area contributed by atoms with Crippen molar-refractivity contribution in [3.8, 4) is 0 Å². The molecule has 0 aliphatic carbocycles. The average Bonchev–Trinajstić information content (AvgIpc) is 2.38. The Hall–Kier alpha value is -0.280. The van der Waals surface area contributed by atoms with E-state index in [-0.39, 0.29) is 4.90 Å². The van der Waals surface area contributed by atoms with Crippen LogP contribution in [-0.4, -0.2) is 41.5 Å². The zero-order valence-corrected chi connectivity index (χ0v) is 13.4. The summed E-state index contributed by atoms with van der Waals surface area (Å²) in [6.07, 6.45) is 0. The van der Waals surface area contributed by atoms with Gasteiger partial charge in [0.05, 0.1) is 4.90 Å². The van der Waals surface area contributed by atoms with E-state index >= 15 is 0 Å². The molecule has 8 heteroatoms. The molecule has 0 atom stereocenters. The van der Waals surface area contributed by atoms with Crippen molar-refractivity contribution in [3.05, 3.63) is 28.2 Å². The van der Waals surface area contributed by atoms with Crippen LogP contribution in [0.3, 0.4) is 0 Å². The minimum Gasteiger partial charge on any atom is -0.326 e. The molecular formula is C11H15BrN2O3S2. The van der Waals surface area contributed by atoms with Gasteiger partial charge in [-0.2, -0.15) is 4.31 Å². The average molecular weight is 367 g/mol. The van der Waals surface area contributed by atoms with Gasteiger partial charge >= 0.3 is 0 Å². The summed E-state index contributed by atoms with van der Waals surface area (Å²) >= 11 is 3.28. The topological polar surface area (TPSA) is 80.5 Å². The monoisotopic (exact) mass is 366 g/mol. The van der Waals surface area contributed by atoms with Crippen LogP contribution in [0.2, 0.25) is 0 Å². The van der Waals surface area contributed by atoms with E-state index in [1.807, 2.05) is 0 Å². The number of benzene rings is 1. The Balaban J connectivity index is 2.31. The third-order valence-electron chi connectivity index (χ3n) is 2.99. The molecule has 0 amide bonds. The highest BCUT2D eigenvalue weighted by molar-refractivity contribution is 9.10. The SMILES string of the molecule is NCc1ccc(S(=O)(=O)N2CCS(=O)CC2)c(Br)c1. The third kappa shape index (κ3) is 3.25. The summed E-state index contributed by atoms with van der Waals surface area (Å²) in [7, 11) is -4.43. The fourth-order valence-corrected chi connectivity index (χ4v) is 5.69. The molecule has 1 heterocycles. The highest BCUT2D eigenvalue weighted by atomic mass is 79.9. The Labute approximate surface area is 123 Å². The molecule has 1 aliphatic heterocycles. The van der Waals surface area contributed by atoms with Crippen molar-refractivity contribution in [1.29, 1.82) is 0 Å². The van der Waals surface area contributed by atoms with Crippen LogP contribution in [0.15, 0.2) is 27.6 Å². The van der Waals surface area contributed by atoms with Crippen molar-refractivity contribution in [2.24, 2.45) is 5.73 Å². The lowest BCUT2D eigenvalue weighted by molar-refractivity contribution is 0.438. The number of halogens is 1. The van der Waals surface area contributed by atoms with E-state index in [0.717, 1.165) is 5.56 Å². The van der Waals surface area contributed by atoms with Crippen molar-refractivity contribution >= 4 is 36.8 Å². The molecular weight excluding hydrogens is 352 g/mol. The van der Waals surface area contributed by atoms with E-state index in [4.69, 9.17) is 5.73 Å². The van der Waals surface area contributed by atoms with Gasteiger partial charge < -0.3 is 5.73 Å². The first-order chi connectivity index (χ1) is 8.95. The van der Waals surface area contributed by atoms with Crippen LogP contribution < -0.4 is 5.73 Å². The zero-order chi connectivity index (χ0) is 14.0. The van der Waals surface area contributed by atoms with Crippen LogP contribution in [0.1, 0.15) is 5.56 Å². The van der Waals surface area contributed by atoms with Gasteiger partial charge in [0.2, 0.25) is 10.0 Å². The molecule has 2 rings (SSSR count). The van der Waals surface area contributed by atoms with Crippen LogP contribution in [-0.2, 0) is 27.4 Å². The molecule has 1 aromatic carbocycles. The second-order valence-electron chi connectivity index (χ2n) is 4.22. The third-order valence-corrected chi connectivity index (χ3v) is 7.14. The van der Waals surface area contributed by atoms with Crippen molar-refractivity contribution in [2.75, 3.05) is 24.6 Å². The Morgan fingerprint density at radius 2 is 1.95 bits per heavy atom. The molecule has 5 nitrogen and oxygen atoms in total. The lowest BCUT2D eigenvalue weighted by Crippen LogP contribution is -2.41. The highest BCUT2D eigenvalue weighted by Gasteiger charge is 2.29. The van der Waals surface area contributed by atoms with Gasteiger partial charge in [0.1, 0.15) is 0 Å². The predicted octanol–water partition coefficient (Wildman–Crippen LogP) is 0.661. The second-order valence-corrected chi connectivity index (χ2v) is 8.68. The van der Waals surface area contributed by atoms with Gasteiger partial charge in [-0.1, -0.05) is 6.07 Å². The van der Waals surface area contributed by atoms with Crippen molar-refractivity contribution in [1.82, 2.24) is 4.31 Å². The quantitative estimate of drug-likeness (QED) is 0.851. The van der Waals surface area contributed by atoms with Gasteiger partial charge in [0.15, 0.2) is 0 Å². The zero-order valence-electron chi connectivity index (χ0n) is 10.2. The van der Waals surface area contributed by atoms with Gasteiger partial charge in [-0.3, -0.25) is 4.21 Å². The van der Waals surface area contributed by atoms with E-state index in [9.17, 15) is 12.6 Å². The van der Waals surface area contributed by atoms with Gasteiger partial charge in [0.25, 0.3) is 0 Å². The number of nitrogens with two attached hydrogens (primary N) is 1. The lowest BCUT2D eigenvalue weighted by Gasteiger charge is -2.26. The Morgan fingerprint density at radius 1 is 1.32 bits per heavy atom. The van der Waals surface area contributed by atoms with Crippen molar-refractivity contribution in [3.63, 3.8) is 0 Å². The van der Waals surface area contributed by atoms with Gasteiger partial charge in [-0.05, 0) is 33.6 Å². The summed E-state index contributed by atoms with van der Waals surface area (Å²) in [5, 5.41) is 0. The van der Waals surface area contributed by atoms with Crippen LogP contribution in [0.5, 0.6) is 0 Å². The summed E-state index contributed by atoms with van der Waals surface area (Å²) in [6.45, 7) is 0.974. The number of hydrogen-bond donors (Lipinski definition) is 1. The van der Waals surface area contributed by atoms with Crippen LogP contribution in [0, 0.1) is 0 Å². The number of sulfonamides is 1. The molecule has 0 saturated carbocycles. The van der Waals surface area contributed by atoms with Crippen molar-refractivity contribution < 1.29 is 12.6 Å². The standard InChI is InChI=1S/C11H15BrN2O3S2/c12-10-7-9(8-13)1-2-11(10)19(16,17)14-3-5-18(15)6-4-14/h1-2,7H,3-6,8,13H2. The van der Waals surface area contributed by atoms with Crippen LogP contribution in [0.25, 0.3) is 0 Å². The van der Waals surface area contributed by atoms with E-state index < -0.39 is 20.8 Å². The first kappa shape index (κ1) is 15.1. The van der Waals surface area contributed by atoms with E-state index in [1.54, 1.807) is 18.2 Å². The molecule has 0 radical (unpaired) electrons. The second kappa shape index (κ2) is 6.01. The van der Waals surface area contributed by atoms with Gasteiger partial charge in [-0.25, -0.2) is 8.42 Å². The maximum atomic E-state index is 12.5. The molecule has 1 saturated heterocycles. The minimum atomic E-state index is -3.53. The molecule has 0 aromatic heterocycles. The first-order valence-electron chi connectivity index (χ1n) is 5.79. The molecule has 106 valence electrons. The molecule has 19 heavy (non-hydrogen) atoms. The molecule has 1 aromatic rings. The largest absolute Gasteiger partial charge is 0.326 e. The lowest BCUT2D eigenvalue weighted by atomic mass is 10.2. The molecule has 0 bridgehead atoms. The summed E-state index contributed by atoms with van der Waals surface area (Å²) in [4.78, 5) is 0.234. The number of nitrogens with zero attached hydrogens (tertiary/aromatic N) is 1. The van der Waals surface area contributed by atoms with Crippen LogP contribution >= 0.6 is 15.9 Å². The summed E-state index contributed by atoms with van der Waals surface area (Å²) in [5.74, 6) is 0.801. The Bertz CT molecular complexity index is 594. The molecule has 0 spiro atoms. The smallest absolute Gasteiger partial charge is 0.244 e. The van der Waals surface area contributed by atoms with E-state index in [0.29, 0.717) is 35.6 Å². The number of rotatable bonds is 3. The maximum absolute atomic E-state index is 12.5. The van der Waals surface area contributed by atoms with Crippen LogP contribution in [0.4, 0.5) is 0 Å². The Morgan fingerprint density at radius 3 is 2.47 bits per heavy atom. The predicted molar refractivity (Wildman–Crippen MR) is 78.7 cm³/mol. The summed E-state index contributed by atoms with van der Waals surface area (Å²) < 4.78 is 38.2.